The van der Waals surface area contributed by atoms with Crippen LogP contribution >= 0.6 is 0 Å². The molecule has 0 aromatic heterocycles. The van der Waals surface area contributed by atoms with Crippen LogP contribution in [0.15, 0.2) is 24.3 Å². The van der Waals surface area contributed by atoms with E-state index in [1.165, 1.54) is 12.1 Å². The number of rotatable bonds is 4. The molecular weight excluding hydrogens is 219 g/mol. The average molecular weight is 236 g/mol. The van der Waals surface area contributed by atoms with E-state index in [0.29, 0.717) is 0 Å². The summed E-state index contributed by atoms with van der Waals surface area (Å²) in [6.07, 6.45) is 0.728. The smallest absolute Gasteiger partial charge is 0.225 e. The van der Waals surface area contributed by atoms with Crippen LogP contribution in [0.25, 0.3) is 0 Å². The van der Waals surface area contributed by atoms with E-state index in [9.17, 15) is 9.18 Å². The second-order valence-corrected chi connectivity index (χ2v) is 4.60. The Labute approximate surface area is 100 Å². The second-order valence-electron chi connectivity index (χ2n) is 4.60. The van der Waals surface area contributed by atoms with E-state index >= 15 is 0 Å². The minimum Gasteiger partial charge on any atom is -0.353 e. The number of carbonyl (C=O) groups is 1. The van der Waals surface area contributed by atoms with Crippen LogP contribution in [0.1, 0.15) is 12.5 Å². The minimum absolute atomic E-state index is 0.0774. The number of benzene rings is 1. The van der Waals surface area contributed by atoms with Gasteiger partial charge in [0, 0.05) is 19.1 Å². The molecule has 1 aliphatic heterocycles. The summed E-state index contributed by atoms with van der Waals surface area (Å²) >= 11 is 0. The maximum Gasteiger partial charge on any atom is 0.225 e. The molecule has 0 aliphatic carbocycles. The highest BCUT2D eigenvalue weighted by atomic mass is 19.1. The van der Waals surface area contributed by atoms with Crippen molar-refractivity contribution in [1.29, 1.82) is 0 Å². The molecule has 1 saturated heterocycles. The van der Waals surface area contributed by atoms with Crippen LogP contribution in [0.4, 0.5) is 4.39 Å². The van der Waals surface area contributed by atoms with E-state index in [2.05, 4.69) is 10.6 Å². The van der Waals surface area contributed by atoms with Gasteiger partial charge in [-0.3, -0.25) is 4.79 Å². The Morgan fingerprint density at radius 2 is 2.12 bits per heavy atom. The quantitative estimate of drug-likeness (QED) is 0.821. The Hall–Kier alpha value is -1.42. The maximum absolute atomic E-state index is 12.7. The van der Waals surface area contributed by atoms with Crippen LogP contribution < -0.4 is 10.6 Å². The zero-order valence-electron chi connectivity index (χ0n) is 9.87. The van der Waals surface area contributed by atoms with Crippen molar-refractivity contribution in [3.05, 3.63) is 35.6 Å². The highest BCUT2D eigenvalue weighted by molar-refractivity contribution is 5.80. The molecule has 0 bridgehead atoms. The van der Waals surface area contributed by atoms with Gasteiger partial charge < -0.3 is 10.6 Å². The summed E-state index contributed by atoms with van der Waals surface area (Å²) in [5, 5.41) is 6.04. The molecule has 3 nitrogen and oxygen atoms in total. The maximum atomic E-state index is 12.7. The first kappa shape index (κ1) is 12.0. The fourth-order valence-corrected chi connectivity index (χ4v) is 1.86. The third kappa shape index (κ3) is 3.27. The lowest BCUT2D eigenvalue weighted by molar-refractivity contribution is -0.127. The van der Waals surface area contributed by atoms with Crippen molar-refractivity contribution in [3.63, 3.8) is 0 Å². The molecule has 1 aliphatic rings. The minimum atomic E-state index is -0.231. The monoisotopic (exact) mass is 236 g/mol. The van der Waals surface area contributed by atoms with Gasteiger partial charge in [0.15, 0.2) is 0 Å². The first-order valence-electron chi connectivity index (χ1n) is 5.90. The van der Waals surface area contributed by atoms with Crippen LogP contribution in [0.5, 0.6) is 0 Å². The first-order chi connectivity index (χ1) is 8.15. The van der Waals surface area contributed by atoms with E-state index in [4.69, 9.17) is 0 Å². The zero-order chi connectivity index (χ0) is 12.3. The summed E-state index contributed by atoms with van der Waals surface area (Å²) in [6.45, 7) is 3.51. The molecule has 0 unspecified atom stereocenters. The number of nitrogens with one attached hydrogen (secondary N) is 2. The van der Waals surface area contributed by atoms with Crippen molar-refractivity contribution >= 4 is 5.91 Å². The van der Waals surface area contributed by atoms with Crippen molar-refractivity contribution < 1.29 is 9.18 Å². The molecule has 0 spiro atoms. The summed E-state index contributed by atoms with van der Waals surface area (Å²) in [5.41, 5.74) is 1.03. The topological polar surface area (TPSA) is 41.1 Å². The van der Waals surface area contributed by atoms with E-state index in [-0.39, 0.29) is 23.7 Å². The Bertz CT molecular complexity index is 387. The van der Waals surface area contributed by atoms with Gasteiger partial charge >= 0.3 is 0 Å². The Morgan fingerprint density at radius 1 is 1.47 bits per heavy atom. The predicted molar refractivity (Wildman–Crippen MR) is 64.1 cm³/mol. The summed E-state index contributed by atoms with van der Waals surface area (Å²) < 4.78 is 12.7. The third-order valence-corrected chi connectivity index (χ3v) is 3.00. The van der Waals surface area contributed by atoms with Gasteiger partial charge in [-0.2, -0.15) is 0 Å². The Morgan fingerprint density at radius 3 is 2.65 bits per heavy atom. The standard InChI is InChI=1S/C13H17FN2O/c1-9(16-13(17)11-7-15-8-11)6-10-2-4-12(14)5-3-10/h2-5,9,11,15H,6-8H2,1H3,(H,16,17)/t9-/m0/s1. The van der Waals surface area contributed by atoms with Crippen LogP contribution in [0.3, 0.4) is 0 Å². The largest absolute Gasteiger partial charge is 0.353 e. The first-order valence-corrected chi connectivity index (χ1v) is 5.90. The molecule has 1 aromatic carbocycles. The van der Waals surface area contributed by atoms with Crippen molar-refractivity contribution in [2.24, 2.45) is 5.92 Å². The number of hydrogen-bond donors (Lipinski definition) is 2. The van der Waals surface area contributed by atoms with Crippen LogP contribution in [0.2, 0.25) is 0 Å². The van der Waals surface area contributed by atoms with Gasteiger partial charge in [0.2, 0.25) is 5.91 Å². The number of hydrogen-bond acceptors (Lipinski definition) is 2. The van der Waals surface area contributed by atoms with E-state index in [1.807, 2.05) is 6.92 Å². The Balaban J connectivity index is 1.81. The molecule has 2 N–H and O–H groups in total. The van der Waals surface area contributed by atoms with Gasteiger partial charge in [-0.1, -0.05) is 12.1 Å². The van der Waals surface area contributed by atoms with E-state index < -0.39 is 0 Å². The van der Waals surface area contributed by atoms with Gasteiger partial charge in [-0.15, -0.1) is 0 Å². The van der Waals surface area contributed by atoms with Crippen molar-refractivity contribution in [2.75, 3.05) is 13.1 Å². The Kier molecular flexibility index (Phi) is 3.74. The normalized spacial score (nSPS) is 17.3. The van der Waals surface area contributed by atoms with Crippen molar-refractivity contribution in [2.45, 2.75) is 19.4 Å². The molecule has 92 valence electrons. The molecule has 1 heterocycles. The molecule has 0 radical (unpaired) electrons. The third-order valence-electron chi connectivity index (χ3n) is 3.00. The molecule has 17 heavy (non-hydrogen) atoms. The lowest BCUT2D eigenvalue weighted by Crippen LogP contribution is -2.52. The predicted octanol–water partition coefficient (Wildman–Crippen LogP) is 1.09. The fraction of sp³-hybridized carbons (Fsp3) is 0.462. The number of carbonyl (C=O) groups excluding carboxylic acids is 1. The summed E-state index contributed by atoms with van der Waals surface area (Å²) in [7, 11) is 0. The van der Waals surface area contributed by atoms with Gasteiger partial charge in [-0.25, -0.2) is 4.39 Å². The second kappa shape index (κ2) is 5.27. The van der Waals surface area contributed by atoms with E-state index in [0.717, 1.165) is 25.1 Å². The molecule has 0 saturated carbocycles. The number of halogens is 1. The van der Waals surface area contributed by atoms with Gasteiger partial charge in [-0.05, 0) is 31.0 Å². The summed E-state index contributed by atoms with van der Waals surface area (Å²) in [5.74, 6) is -0.00462. The van der Waals surface area contributed by atoms with Gasteiger partial charge in [0.05, 0.1) is 5.92 Å². The molecular formula is C13H17FN2O. The molecule has 1 aromatic rings. The molecule has 2 rings (SSSR count). The molecule has 1 atom stereocenters. The SMILES string of the molecule is C[C@@H](Cc1ccc(F)cc1)NC(=O)C1CNC1. The van der Waals surface area contributed by atoms with Crippen molar-refractivity contribution in [1.82, 2.24) is 10.6 Å². The summed E-state index contributed by atoms with van der Waals surface area (Å²) in [4.78, 5) is 11.7. The average Bonchev–Trinajstić information content (AvgIpc) is 2.18. The van der Waals surface area contributed by atoms with Gasteiger partial charge in [0.1, 0.15) is 5.82 Å². The fourth-order valence-electron chi connectivity index (χ4n) is 1.86. The molecule has 4 heteroatoms. The van der Waals surface area contributed by atoms with Crippen LogP contribution in [0, 0.1) is 11.7 Å². The van der Waals surface area contributed by atoms with Crippen LogP contribution in [-0.2, 0) is 11.2 Å². The lowest BCUT2D eigenvalue weighted by atomic mass is 10.0. The molecule has 1 amide bonds. The molecule has 1 fully saturated rings. The lowest BCUT2D eigenvalue weighted by Gasteiger charge is -2.27. The zero-order valence-corrected chi connectivity index (χ0v) is 9.87. The summed E-state index contributed by atoms with van der Waals surface area (Å²) in [6, 6.07) is 6.47. The number of amides is 1. The van der Waals surface area contributed by atoms with Crippen molar-refractivity contribution in [3.8, 4) is 0 Å². The van der Waals surface area contributed by atoms with E-state index in [1.54, 1.807) is 12.1 Å². The highest BCUT2D eigenvalue weighted by Crippen LogP contribution is 2.07. The highest BCUT2D eigenvalue weighted by Gasteiger charge is 2.25. The van der Waals surface area contributed by atoms with Crippen LogP contribution in [-0.4, -0.2) is 25.0 Å². The van der Waals surface area contributed by atoms with Gasteiger partial charge in [0.25, 0.3) is 0 Å².